The second kappa shape index (κ2) is 13.9. The Hall–Kier alpha value is -5.48. The number of carbonyl (C=O) groups excluding carboxylic acids is 3. The maximum Gasteiger partial charge on any atom is 0.335 e. The van der Waals surface area contributed by atoms with Gasteiger partial charge >= 0.3 is 6.03 Å². The summed E-state index contributed by atoms with van der Waals surface area (Å²) in [5.74, 6) is 0.583. The van der Waals surface area contributed by atoms with Gasteiger partial charge in [0.25, 0.3) is 11.8 Å². The highest BCUT2D eigenvalue weighted by molar-refractivity contribution is 6.39. The predicted molar refractivity (Wildman–Crippen MR) is 168 cm³/mol. The number of amides is 4. The second-order valence-electron chi connectivity index (χ2n) is 9.74. The summed E-state index contributed by atoms with van der Waals surface area (Å²) in [4.78, 5) is 39.4. The molecule has 0 saturated carbocycles. The summed E-state index contributed by atoms with van der Waals surface area (Å²) in [5, 5.41) is 2.38. The zero-order valence-electron chi connectivity index (χ0n) is 24.7. The number of imide groups is 2. The van der Waals surface area contributed by atoms with Crippen molar-refractivity contribution in [3.63, 3.8) is 0 Å². The molecule has 1 N–H and O–H groups in total. The molecule has 1 aliphatic heterocycles. The Morgan fingerprint density at radius 3 is 2.13 bits per heavy atom. The smallest absolute Gasteiger partial charge is 0.335 e. The highest BCUT2D eigenvalue weighted by Crippen LogP contribution is 2.38. The molecule has 0 aliphatic carbocycles. The molecule has 45 heavy (non-hydrogen) atoms. The van der Waals surface area contributed by atoms with Crippen molar-refractivity contribution in [1.82, 2.24) is 5.32 Å². The number of nitrogens with zero attached hydrogens (tertiary/aromatic N) is 1. The van der Waals surface area contributed by atoms with E-state index in [9.17, 15) is 14.4 Å². The third kappa shape index (κ3) is 7.02. The van der Waals surface area contributed by atoms with Gasteiger partial charge in [-0.05, 0) is 71.3 Å². The van der Waals surface area contributed by atoms with E-state index in [0.717, 1.165) is 16.0 Å². The molecule has 0 spiro atoms. The highest BCUT2D eigenvalue weighted by atomic mass is 35.5. The minimum atomic E-state index is -0.862. The predicted octanol–water partition coefficient (Wildman–Crippen LogP) is 6.19. The lowest BCUT2D eigenvalue weighted by molar-refractivity contribution is -0.122. The second-order valence-corrected chi connectivity index (χ2v) is 10.1. The zero-order chi connectivity index (χ0) is 31.9. The van der Waals surface area contributed by atoms with E-state index in [-0.39, 0.29) is 34.4 Å². The van der Waals surface area contributed by atoms with Gasteiger partial charge in [-0.1, -0.05) is 48.0 Å². The van der Waals surface area contributed by atoms with Gasteiger partial charge < -0.3 is 23.7 Å². The van der Waals surface area contributed by atoms with Crippen molar-refractivity contribution >= 4 is 41.2 Å². The molecule has 4 amide bonds. The highest BCUT2D eigenvalue weighted by Gasteiger charge is 2.37. The molecule has 0 aromatic heterocycles. The number of carbonyl (C=O) groups is 3. The van der Waals surface area contributed by atoms with Crippen LogP contribution < -0.4 is 33.9 Å². The number of methoxy groups -OCH3 is 3. The molecule has 5 rings (SSSR count). The van der Waals surface area contributed by atoms with Crippen LogP contribution in [0.3, 0.4) is 0 Å². The van der Waals surface area contributed by atoms with E-state index in [1.165, 1.54) is 38.5 Å². The van der Waals surface area contributed by atoms with E-state index in [1.54, 1.807) is 31.4 Å². The van der Waals surface area contributed by atoms with Gasteiger partial charge in [-0.2, -0.15) is 0 Å². The summed E-state index contributed by atoms with van der Waals surface area (Å²) >= 11 is 6.59. The Labute approximate surface area is 264 Å². The van der Waals surface area contributed by atoms with Crippen LogP contribution in [0, 0.1) is 0 Å². The molecule has 0 radical (unpaired) electrons. The Kier molecular flexibility index (Phi) is 9.54. The first-order chi connectivity index (χ1) is 21.8. The van der Waals surface area contributed by atoms with Crippen LogP contribution in [0.2, 0.25) is 5.02 Å². The number of hydrogen-bond acceptors (Lipinski definition) is 8. The average Bonchev–Trinajstić information content (AvgIpc) is 3.05. The van der Waals surface area contributed by atoms with Gasteiger partial charge in [0, 0.05) is 0 Å². The van der Waals surface area contributed by atoms with Crippen LogP contribution in [-0.4, -0.2) is 39.2 Å². The topological polar surface area (TPSA) is 113 Å². The Balaban J connectivity index is 1.33. The fourth-order valence-electron chi connectivity index (χ4n) is 4.56. The number of ether oxygens (including phenoxy) is 5. The first-order valence-electron chi connectivity index (χ1n) is 13.7. The molecule has 1 aliphatic rings. The number of anilines is 1. The van der Waals surface area contributed by atoms with Gasteiger partial charge in [0.2, 0.25) is 0 Å². The Bertz CT molecular complexity index is 1760. The van der Waals surface area contributed by atoms with Crippen molar-refractivity contribution in [2.45, 2.75) is 13.2 Å². The molecule has 4 aromatic rings. The van der Waals surface area contributed by atoms with E-state index < -0.39 is 17.8 Å². The van der Waals surface area contributed by atoms with Crippen molar-refractivity contribution < 1.29 is 38.1 Å². The van der Waals surface area contributed by atoms with Crippen LogP contribution in [0.1, 0.15) is 16.7 Å². The summed E-state index contributed by atoms with van der Waals surface area (Å²) in [6.45, 7) is 0.525. The van der Waals surface area contributed by atoms with E-state index >= 15 is 0 Å². The lowest BCUT2D eigenvalue weighted by Gasteiger charge is -2.26. The van der Waals surface area contributed by atoms with Crippen molar-refractivity contribution in [3.05, 3.63) is 112 Å². The fraction of sp³-hybridized carbons (Fsp3) is 0.147. The summed E-state index contributed by atoms with van der Waals surface area (Å²) < 4.78 is 28.1. The summed E-state index contributed by atoms with van der Waals surface area (Å²) in [6.07, 6.45) is 1.33. The van der Waals surface area contributed by atoms with Gasteiger partial charge in [-0.15, -0.1) is 0 Å². The van der Waals surface area contributed by atoms with Crippen LogP contribution in [0.25, 0.3) is 6.08 Å². The van der Waals surface area contributed by atoms with Crippen LogP contribution >= 0.6 is 11.6 Å². The maximum atomic E-state index is 13.3. The number of urea groups is 1. The van der Waals surface area contributed by atoms with Gasteiger partial charge in [0.15, 0.2) is 23.0 Å². The first-order valence-corrected chi connectivity index (χ1v) is 14.1. The number of hydrogen-bond donors (Lipinski definition) is 1. The van der Waals surface area contributed by atoms with Gasteiger partial charge in [0.1, 0.15) is 24.5 Å². The van der Waals surface area contributed by atoms with Crippen molar-refractivity contribution in [1.29, 1.82) is 0 Å². The monoisotopic (exact) mass is 628 g/mol. The molecule has 1 saturated heterocycles. The summed E-state index contributed by atoms with van der Waals surface area (Å²) in [5.41, 5.74) is 2.20. The van der Waals surface area contributed by atoms with Gasteiger partial charge in [-0.25, -0.2) is 9.69 Å². The quantitative estimate of drug-likeness (QED) is 0.155. The molecule has 0 unspecified atom stereocenters. The van der Waals surface area contributed by atoms with Crippen LogP contribution in [0.4, 0.5) is 10.5 Å². The molecule has 230 valence electrons. The number of halogens is 1. The third-order valence-corrected chi connectivity index (χ3v) is 7.12. The van der Waals surface area contributed by atoms with E-state index in [2.05, 4.69) is 5.32 Å². The van der Waals surface area contributed by atoms with E-state index in [4.69, 9.17) is 35.3 Å². The Morgan fingerprint density at radius 1 is 0.733 bits per heavy atom. The van der Waals surface area contributed by atoms with Crippen LogP contribution in [0.5, 0.6) is 28.7 Å². The number of rotatable bonds is 11. The lowest BCUT2D eigenvalue weighted by atomic mass is 10.1. The molecular formula is C34H29ClN2O8. The normalized spacial score (nSPS) is 13.8. The SMILES string of the molecule is COc1ccc(N2C(=O)NC(=O)/C(=C\c3cc(Cl)c(OCc4ccc(OCc5ccccc5)c(OC)c4)c(OC)c3)C2=O)cc1. The van der Waals surface area contributed by atoms with Crippen LogP contribution in [-0.2, 0) is 22.8 Å². The maximum absolute atomic E-state index is 13.3. The van der Waals surface area contributed by atoms with Crippen molar-refractivity contribution in [2.24, 2.45) is 0 Å². The van der Waals surface area contributed by atoms with Crippen LogP contribution in [0.15, 0.2) is 90.5 Å². The lowest BCUT2D eigenvalue weighted by Crippen LogP contribution is -2.54. The van der Waals surface area contributed by atoms with Crippen molar-refractivity contribution in [2.75, 3.05) is 26.2 Å². The van der Waals surface area contributed by atoms with E-state index in [1.807, 2.05) is 42.5 Å². The molecule has 0 atom stereocenters. The number of barbiturate groups is 1. The molecule has 10 nitrogen and oxygen atoms in total. The standard InChI is InChI=1S/C34H29ClN2O8/c1-41-25-12-10-24(11-13-25)37-33(39)26(32(38)36-34(37)40)15-23-16-27(35)31(30(18-23)43-3)45-20-22-9-14-28(29(17-22)42-2)44-19-21-7-5-4-6-8-21/h4-18H,19-20H2,1-3H3,(H,36,38,40)/b26-15+. The molecule has 11 heteroatoms. The molecule has 0 bridgehead atoms. The minimum Gasteiger partial charge on any atom is -0.497 e. The molecule has 4 aromatic carbocycles. The fourth-order valence-corrected chi connectivity index (χ4v) is 4.84. The average molecular weight is 629 g/mol. The summed E-state index contributed by atoms with van der Waals surface area (Å²) in [6, 6.07) is 23.8. The van der Waals surface area contributed by atoms with E-state index in [0.29, 0.717) is 29.4 Å². The number of benzene rings is 4. The molecule has 1 fully saturated rings. The zero-order valence-corrected chi connectivity index (χ0v) is 25.4. The molecule has 1 heterocycles. The number of nitrogens with one attached hydrogen (secondary N) is 1. The third-order valence-electron chi connectivity index (χ3n) is 6.84. The summed E-state index contributed by atoms with van der Waals surface area (Å²) in [7, 11) is 4.51. The van der Waals surface area contributed by atoms with Gasteiger partial charge in [-0.3, -0.25) is 14.9 Å². The Morgan fingerprint density at radius 2 is 1.44 bits per heavy atom. The minimum absolute atomic E-state index is 0.131. The largest absolute Gasteiger partial charge is 0.497 e. The van der Waals surface area contributed by atoms with Gasteiger partial charge in [0.05, 0.1) is 32.0 Å². The van der Waals surface area contributed by atoms with Crippen molar-refractivity contribution in [3.8, 4) is 28.7 Å². The molecular weight excluding hydrogens is 600 g/mol. The first kappa shape index (κ1) is 31.0.